The van der Waals surface area contributed by atoms with Crippen molar-refractivity contribution in [1.29, 1.82) is 0 Å². The van der Waals surface area contributed by atoms with E-state index in [4.69, 9.17) is 0 Å². The van der Waals surface area contributed by atoms with Crippen LogP contribution in [0.25, 0.3) is 0 Å². The molecule has 1 heterocycles. The minimum atomic E-state index is 0.558. The van der Waals surface area contributed by atoms with Crippen LogP contribution in [0.5, 0.6) is 0 Å². The van der Waals surface area contributed by atoms with E-state index in [2.05, 4.69) is 35.8 Å². The molecule has 2 aliphatic rings. The third-order valence-corrected chi connectivity index (χ3v) is 5.86. The lowest BCUT2D eigenvalue weighted by molar-refractivity contribution is 0.0841. The van der Waals surface area contributed by atoms with E-state index in [9.17, 15) is 0 Å². The molecule has 1 aliphatic heterocycles. The second-order valence-electron chi connectivity index (χ2n) is 6.72. The Balaban J connectivity index is 1.95. The molecular formula is C16H32N2S. The van der Waals surface area contributed by atoms with Crippen molar-refractivity contribution >= 4 is 11.8 Å². The highest BCUT2D eigenvalue weighted by Crippen LogP contribution is 2.39. The van der Waals surface area contributed by atoms with E-state index in [1.54, 1.807) is 0 Å². The summed E-state index contributed by atoms with van der Waals surface area (Å²) < 4.78 is 0. The fraction of sp³-hybridized carbons (Fsp3) is 1.00. The Bertz CT molecular complexity index is 251. The van der Waals surface area contributed by atoms with Gasteiger partial charge >= 0.3 is 0 Å². The minimum absolute atomic E-state index is 0.558. The lowest BCUT2D eigenvalue weighted by Crippen LogP contribution is -2.47. The van der Waals surface area contributed by atoms with Gasteiger partial charge in [-0.3, -0.25) is 0 Å². The van der Waals surface area contributed by atoms with Crippen molar-refractivity contribution in [3.05, 3.63) is 0 Å². The Kier molecular flexibility index (Phi) is 6.51. The third kappa shape index (κ3) is 4.95. The molecule has 1 saturated carbocycles. The lowest BCUT2D eigenvalue weighted by atomic mass is 9.69. The van der Waals surface area contributed by atoms with Crippen molar-refractivity contribution in [2.45, 2.75) is 46.0 Å². The average Bonchev–Trinajstić information content (AvgIpc) is 2.65. The topological polar surface area (TPSA) is 15.3 Å². The lowest BCUT2D eigenvalue weighted by Gasteiger charge is -2.43. The molecule has 0 bridgehead atoms. The van der Waals surface area contributed by atoms with Crippen LogP contribution in [0.15, 0.2) is 0 Å². The van der Waals surface area contributed by atoms with Gasteiger partial charge in [0.25, 0.3) is 0 Å². The predicted octanol–water partition coefficient (Wildman–Crippen LogP) is 3.23. The maximum atomic E-state index is 3.65. The van der Waals surface area contributed by atoms with Gasteiger partial charge in [0.1, 0.15) is 0 Å². The minimum Gasteiger partial charge on any atom is -0.316 e. The normalized spacial score (nSPS) is 34.1. The van der Waals surface area contributed by atoms with Crippen molar-refractivity contribution in [3.63, 3.8) is 0 Å². The summed E-state index contributed by atoms with van der Waals surface area (Å²) in [7, 11) is 0. The van der Waals surface area contributed by atoms with Crippen molar-refractivity contribution in [2.75, 3.05) is 44.2 Å². The predicted molar refractivity (Wildman–Crippen MR) is 87.0 cm³/mol. The highest BCUT2D eigenvalue weighted by Gasteiger charge is 2.36. The Hall–Kier alpha value is 0.270. The number of nitrogens with zero attached hydrogens (tertiary/aromatic N) is 1. The largest absolute Gasteiger partial charge is 0.316 e. The summed E-state index contributed by atoms with van der Waals surface area (Å²) in [5.74, 6) is 3.63. The molecule has 3 heteroatoms. The molecule has 2 atom stereocenters. The molecule has 0 aromatic rings. The smallest absolute Gasteiger partial charge is 0.00726 e. The second kappa shape index (κ2) is 7.90. The van der Waals surface area contributed by atoms with Crippen LogP contribution in [0.4, 0.5) is 0 Å². The maximum Gasteiger partial charge on any atom is 0.00726 e. The Morgan fingerprint density at radius 3 is 2.95 bits per heavy atom. The highest BCUT2D eigenvalue weighted by molar-refractivity contribution is 7.99. The first kappa shape index (κ1) is 15.7. The van der Waals surface area contributed by atoms with Gasteiger partial charge in [0.2, 0.25) is 0 Å². The van der Waals surface area contributed by atoms with E-state index in [-0.39, 0.29) is 0 Å². The van der Waals surface area contributed by atoms with Crippen LogP contribution in [0.2, 0.25) is 0 Å². The van der Waals surface area contributed by atoms with Crippen molar-refractivity contribution < 1.29 is 0 Å². The molecule has 1 N–H and O–H groups in total. The molecule has 19 heavy (non-hydrogen) atoms. The van der Waals surface area contributed by atoms with Gasteiger partial charge in [0, 0.05) is 25.4 Å². The van der Waals surface area contributed by atoms with Gasteiger partial charge in [-0.15, -0.1) is 0 Å². The van der Waals surface area contributed by atoms with Crippen molar-refractivity contribution in [1.82, 2.24) is 10.2 Å². The van der Waals surface area contributed by atoms with E-state index < -0.39 is 0 Å². The van der Waals surface area contributed by atoms with Crippen molar-refractivity contribution in [3.8, 4) is 0 Å². The monoisotopic (exact) mass is 284 g/mol. The first-order valence-electron chi connectivity index (χ1n) is 8.25. The second-order valence-corrected chi connectivity index (χ2v) is 7.95. The van der Waals surface area contributed by atoms with Gasteiger partial charge < -0.3 is 10.2 Å². The summed E-state index contributed by atoms with van der Waals surface area (Å²) in [4.78, 5) is 2.76. The van der Waals surface area contributed by atoms with Crippen LogP contribution in [0.1, 0.15) is 46.0 Å². The SMILES string of the molecule is CCNCC1(CN2CCCSCC2)CCCC(C)C1. The molecule has 2 unspecified atom stereocenters. The number of hydrogen-bond donors (Lipinski definition) is 1. The van der Waals surface area contributed by atoms with Gasteiger partial charge in [-0.2, -0.15) is 11.8 Å². The zero-order chi connectivity index (χ0) is 13.6. The quantitative estimate of drug-likeness (QED) is 0.834. The standard InChI is InChI=1S/C16H32N2S/c1-3-17-13-16(7-4-6-15(2)12-16)14-18-8-5-10-19-11-9-18/h15,17H,3-14H2,1-2H3. The van der Waals surface area contributed by atoms with Crippen LogP contribution >= 0.6 is 11.8 Å². The van der Waals surface area contributed by atoms with Gasteiger partial charge in [0.05, 0.1) is 0 Å². The molecule has 0 spiro atoms. The maximum absolute atomic E-state index is 3.65. The first-order valence-corrected chi connectivity index (χ1v) is 9.40. The van der Waals surface area contributed by atoms with E-state index in [1.165, 1.54) is 69.8 Å². The molecule has 2 fully saturated rings. The molecule has 0 radical (unpaired) electrons. The van der Waals surface area contributed by atoms with Gasteiger partial charge in [0.15, 0.2) is 0 Å². The fourth-order valence-corrected chi connectivity index (χ4v) is 4.87. The Morgan fingerprint density at radius 1 is 1.26 bits per heavy atom. The molecule has 1 aliphatic carbocycles. The zero-order valence-electron chi connectivity index (χ0n) is 12.9. The van der Waals surface area contributed by atoms with Crippen LogP contribution < -0.4 is 5.32 Å². The van der Waals surface area contributed by atoms with Crippen molar-refractivity contribution in [2.24, 2.45) is 11.3 Å². The molecule has 2 rings (SSSR count). The first-order chi connectivity index (χ1) is 9.24. The summed E-state index contributed by atoms with van der Waals surface area (Å²) in [6, 6.07) is 0. The van der Waals surface area contributed by atoms with Gasteiger partial charge in [-0.05, 0) is 49.4 Å². The summed E-state index contributed by atoms with van der Waals surface area (Å²) in [6.07, 6.45) is 7.15. The molecule has 2 nitrogen and oxygen atoms in total. The van der Waals surface area contributed by atoms with E-state index in [0.29, 0.717) is 5.41 Å². The van der Waals surface area contributed by atoms with Crippen LogP contribution in [0.3, 0.4) is 0 Å². The molecule has 0 amide bonds. The van der Waals surface area contributed by atoms with E-state index in [1.807, 2.05) is 0 Å². The molecule has 0 aromatic heterocycles. The van der Waals surface area contributed by atoms with Crippen LogP contribution in [0, 0.1) is 11.3 Å². The van der Waals surface area contributed by atoms with Crippen LogP contribution in [-0.2, 0) is 0 Å². The number of rotatable bonds is 5. The Labute approximate surface area is 124 Å². The molecule has 0 aromatic carbocycles. The summed E-state index contributed by atoms with van der Waals surface area (Å²) in [5, 5.41) is 3.65. The highest BCUT2D eigenvalue weighted by atomic mass is 32.2. The summed E-state index contributed by atoms with van der Waals surface area (Å²) in [6.45, 7) is 11.0. The Morgan fingerprint density at radius 2 is 2.16 bits per heavy atom. The molecule has 112 valence electrons. The van der Waals surface area contributed by atoms with E-state index in [0.717, 1.165) is 12.5 Å². The fourth-order valence-electron chi connectivity index (χ4n) is 3.95. The number of nitrogens with one attached hydrogen (secondary N) is 1. The van der Waals surface area contributed by atoms with E-state index >= 15 is 0 Å². The summed E-state index contributed by atoms with van der Waals surface area (Å²) in [5.41, 5.74) is 0.558. The molecular weight excluding hydrogens is 252 g/mol. The van der Waals surface area contributed by atoms with Gasteiger partial charge in [-0.25, -0.2) is 0 Å². The van der Waals surface area contributed by atoms with Gasteiger partial charge in [-0.1, -0.05) is 26.7 Å². The third-order valence-electron chi connectivity index (χ3n) is 4.81. The zero-order valence-corrected chi connectivity index (χ0v) is 13.7. The number of thioether (sulfide) groups is 1. The average molecular weight is 285 g/mol. The van der Waals surface area contributed by atoms with Crippen LogP contribution in [-0.4, -0.2) is 49.1 Å². The molecule has 1 saturated heterocycles. The summed E-state index contributed by atoms with van der Waals surface area (Å²) >= 11 is 2.14. The number of hydrogen-bond acceptors (Lipinski definition) is 3.